The fourth-order valence-corrected chi connectivity index (χ4v) is 2.74. The molecular weight excluding hydrogens is 256 g/mol. The SMILES string of the molecule is Cc1noc(C)c1CNS(=O)(=O)c1cn[nH]c1C. The largest absolute Gasteiger partial charge is 0.361 e. The van der Waals surface area contributed by atoms with Gasteiger partial charge in [0, 0.05) is 12.1 Å². The van der Waals surface area contributed by atoms with Crippen LogP contribution < -0.4 is 4.72 Å². The molecule has 2 aromatic rings. The van der Waals surface area contributed by atoms with Gasteiger partial charge in [-0.25, -0.2) is 13.1 Å². The Labute approximate surface area is 105 Å². The van der Waals surface area contributed by atoms with E-state index in [4.69, 9.17) is 4.52 Å². The van der Waals surface area contributed by atoms with Gasteiger partial charge in [-0.05, 0) is 20.8 Å². The van der Waals surface area contributed by atoms with Crippen LogP contribution in [0.5, 0.6) is 0 Å². The van der Waals surface area contributed by atoms with Crippen LogP contribution in [-0.2, 0) is 16.6 Å². The van der Waals surface area contributed by atoms with E-state index in [1.54, 1.807) is 20.8 Å². The molecule has 8 heteroatoms. The van der Waals surface area contributed by atoms with E-state index in [0.29, 0.717) is 17.1 Å². The van der Waals surface area contributed by atoms with Crippen LogP contribution in [-0.4, -0.2) is 23.8 Å². The van der Waals surface area contributed by atoms with Crippen LogP contribution in [0.2, 0.25) is 0 Å². The second-order valence-electron chi connectivity index (χ2n) is 3.99. The zero-order valence-electron chi connectivity index (χ0n) is 10.3. The van der Waals surface area contributed by atoms with Crippen LogP contribution >= 0.6 is 0 Å². The van der Waals surface area contributed by atoms with E-state index in [0.717, 1.165) is 5.56 Å². The molecule has 2 N–H and O–H groups in total. The van der Waals surface area contributed by atoms with Crippen molar-refractivity contribution in [2.45, 2.75) is 32.2 Å². The third-order valence-electron chi connectivity index (χ3n) is 2.69. The van der Waals surface area contributed by atoms with Crippen LogP contribution in [0.4, 0.5) is 0 Å². The standard InChI is InChI=1S/C10H14N4O3S/c1-6-9(8(3)17-14-6)4-12-18(15,16)10-5-11-13-7(10)2/h5,12H,4H2,1-3H3,(H,11,13). The quantitative estimate of drug-likeness (QED) is 0.855. The highest BCUT2D eigenvalue weighted by Gasteiger charge is 2.19. The fourth-order valence-electron chi connectivity index (χ4n) is 1.61. The van der Waals surface area contributed by atoms with Gasteiger partial charge in [0.1, 0.15) is 10.7 Å². The first-order chi connectivity index (χ1) is 8.42. The Morgan fingerprint density at radius 1 is 1.39 bits per heavy atom. The molecule has 0 atom stereocenters. The lowest BCUT2D eigenvalue weighted by Gasteiger charge is -2.05. The lowest BCUT2D eigenvalue weighted by molar-refractivity contribution is 0.392. The van der Waals surface area contributed by atoms with Gasteiger partial charge in [0.15, 0.2) is 0 Å². The van der Waals surface area contributed by atoms with E-state index in [2.05, 4.69) is 20.1 Å². The molecular formula is C10H14N4O3S. The summed E-state index contributed by atoms with van der Waals surface area (Å²) >= 11 is 0. The van der Waals surface area contributed by atoms with Crippen molar-refractivity contribution in [1.82, 2.24) is 20.1 Å². The molecule has 7 nitrogen and oxygen atoms in total. The molecule has 0 radical (unpaired) electrons. The van der Waals surface area contributed by atoms with Crippen LogP contribution in [0.15, 0.2) is 15.6 Å². The number of aromatic amines is 1. The molecule has 0 saturated heterocycles. The predicted molar refractivity (Wildman–Crippen MR) is 63.3 cm³/mol. The molecule has 0 aliphatic carbocycles. The molecule has 2 heterocycles. The van der Waals surface area contributed by atoms with E-state index < -0.39 is 10.0 Å². The van der Waals surface area contributed by atoms with E-state index in [1.807, 2.05) is 0 Å². The minimum Gasteiger partial charge on any atom is -0.361 e. The van der Waals surface area contributed by atoms with E-state index in [-0.39, 0.29) is 11.4 Å². The van der Waals surface area contributed by atoms with Crippen molar-refractivity contribution >= 4 is 10.0 Å². The van der Waals surface area contributed by atoms with Gasteiger partial charge in [-0.3, -0.25) is 5.10 Å². The Kier molecular flexibility index (Phi) is 3.22. The van der Waals surface area contributed by atoms with Crippen molar-refractivity contribution in [3.05, 3.63) is 28.9 Å². The number of nitrogens with one attached hydrogen (secondary N) is 2. The summed E-state index contributed by atoms with van der Waals surface area (Å²) in [5, 5.41) is 10.1. The first-order valence-corrected chi connectivity index (χ1v) is 6.81. The Bertz CT molecular complexity index is 637. The summed E-state index contributed by atoms with van der Waals surface area (Å²) in [6.45, 7) is 5.31. The summed E-state index contributed by atoms with van der Waals surface area (Å²) in [7, 11) is -3.57. The number of sulfonamides is 1. The van der Waals surface area contributed by atoms with Crippen molar-refractivity contribution in [3.63, 3.8) is 0 Å². The third kappa shape index (κ3) is 2.29. The molecule has 2 rings (SSSR count). The zero-order chi connectivity index (χ0) is 13.3. The molecule has 0 aliphatic rings. The van der Waals surface area contributed by atoms with Gasteiger partial charge in [0.05, 0.1) is 17.6 Å². The van der Waals surface area contributed by atoms with Gasteiger partial charge < -0.3 is 4.52 Å². The lowest BCUT2D eigenvalue weighted by Crippen LogP contribution is -2.24. The predicted octanol–water partition coefficient (Wildman–Crippen LogP) is 0.801. The van der Waals surface area contributed by atoms with Crippen molar-refractivity contribution in [2.24, 2.45) is 0 Å². The van der Waals surface area contributed by atoms with Crippen LogP contribution in [0.25, 0.3) is 0 Å². The maximum absolute atomic E-state index is 12.0. The summed E-state index contributed by atoms with van der Waals surface area (Å²) in [5.74, 6) is 0.610. The van der Waals surface area contributed by atoms with Gasteiger partial charge in [0.2, 0.25) is 10.0 Å². The smallest absolute Gasteiger partial charge is 0.244 e. The van der Waals surface area contributed by atoms with Crippen LogP contribution in [0.3, 0.4) is 0 Å². The summed E-state index contributed by atoms with van der Waals surface area (Å²) in [4.78, 5) is 0.147. The molecule has 0 aliphatic heterocycles. The second-order valence-corrected chi connectivity index (χ2v) is 5.72. The average molecular weight is 270 g/mol. The summed E-state index contributed by atoms with van der Waals surface area (Å²) < 4.78 is 31.5. The Morgan fingerprint density at radius 2 is 2.11 bits per heavy atom. The van der Waals surface area contributed by atoms with Crippen LogP contribution in [0, 0.1) is 20.8 Å². The number of H-pyrrole nitrogens is 1. The van der Waals surface area contributed by atoms with Gasteiger partial charge in [-0.15, -0.1) is 0 Å². The van der Waals surface area contributed by atoms with Crippen molar-refractivity contribution in [2.75, 3.05) is 0 Å². The molecule has 0 saturated carbocycles. The molecule has 0 fully saturated rings. The fraction of sp³-hybridized carbons (Fsp3) is 0.400. The van der Waals surface area contributed by atoms with E-state index in [9.17, 15) is 8.42 Å². The molecule has 0 spiro atoms. The highest BCUT2D eigenvalue weighted by Crippen LogP contribution is 2.15. The summed E-state index contributed by atoms with van der Waals surface area (Å²) in [6.07, 6.45) is 1.28. The number of hydrogen-bond donors (Lipinski definition) is 2. The lowest BCUT2D eigenvalue weighted by atomic mass is 10.2. The first kappa shape index (κ1) is 12.8. The molecule has 18 heavy (non-hydrogen) atoms. The molecule has 0 unspecified atom stereocenters. The molecule has 0 aromatic carbocycles. The number of nitrogens with zero attached hydrogens (tertiary/aromatic N) is 2. The number of aryl methyl sites for hydroxylation is 3. The Hall–Kier alpha value is -1.67. The highest BCUT2D eigenvalue weighted by molar-refractivity contribution is 7.89. The molecule has 0 amide bonds. The van der Waals surface area contributed by atoms with Gasteiger partial charge in [-0.2, -0.15) is 5.10 Å². The number of rotatable bonds is 4. The van der Waals surface area contributed by atoms with E-state index >= 15 is 0 Å². The van der Waals surface area contributed by atoms with Gasteiger partial charge in [-0.1, -0.05) is 5.16 Å². The zero-order valence-corrected chi connectivity index (χ0v) is 11.1. The number of hydrogen-bond acceptors (Lipinski definition) is 5. The van der Waals surface area contributed by atoms with Crippen molar-refractivity contribution < 1.29 is 12.9 Å². The normalized spacial score (nSPS) is 11.9. The topological polar surface area (TPSA) is 101 Å². The number of aromatic nitrogens is 3. The minimum absolute atomic E-state index is 0.147. The maximum atomic E-state index is 12.0. The first-order valence-electron chi connectivity index (χ1n) is 5.33. The maximum Gasteiger partial charge on any atom is 0.244 e. The Morgan fingerprint density at radius 3 is 2.61 bits per heavy atom. The second kappa shape index (κ2) is 4.54. The molecule has 2 aromatic heterocycles. The van der Waals surface area contributed by atoms with Crippen molar-refractivity contribution in [3.8, 4) is 0 Å². The minimum atomic E-state index is -3.57. The summed E-state index contributed by atoms with van der Waals surface area (Å²) in [5.41, 5.74) is 1.93. The van der Waals surface area contributed by atoms with Gasteiger partial charge in [0.25, 0.3) is 0 Å². The van der Waals surface area contributed by atoms with Gasteiger partial charge >= 0.3 is 0 Å². The molecule has 98 valence electrons. The summed E-state index contributed by atoms with van der Waals surface area (Å²) in [6, 6.07) is 0. The van der Waals surface area contributed by atoms with Crippen LogP contribution in [0.1, 0.15) is 22.7 Å². The highest BCUT2D eigenvalue weighted by atomic mass is 32.2. The monoisotopic (exact) mass is 270 g/mol. The Balaban J connectivity index is 2.19. The average Bonchev–Trinajstić information content (AvgIpc) is 2.85. The molecule has 0 bridgehead atoms. The van der Waals surface area contributed by atoms with E-state index in [1.165, 1.54) is 6.20 Å². The van der Waals surface area contributed by atoms with Crippen molar-refractivity contribution in [1.29, 1.82) is 0 Å². The third-order valence-corrected chi connectivity index (χ3v) is 4.21.